The second-order valence-electron chi connectivity index (χ2n) is 5.39. The molecule has 0 aliphatic rings. The van der Waals surface area contributed by atoms with E-state index in [1.54, 1.807) is 25.3 Å². The van der Waals surface area contributed by atoms with Crippen LogP contribution in [0.15, 0.2) is 36.4 Å². The van der Waals surface area contributed by atoms with E-state index in [-0.39, 0.29) is 6.42 Å². The smallest absolute Gasteiger partial charge is 0.307 e. The quantitative estimate of drug-likeness (QED) is 0.744. The number of hydrogen-bond acceptors (Lipinski definition) is 2. The fourth-order valence-electron chi connectivity index (χ4n) is 2.86. The van der Waals surface area contributed by atoms with Gasteiger partial charge >= 0.3 is 5.97 Å². The van der Waals surface area contributed by atoms with Gasteiger partial charge in [-0.3, -0.25) is 4.79 Å². The molecule has 5 heteroatoms. The number of aliphatic carboxylic acids is 1. The minimum atomic E-state index is -0.880. The number of benzene rings is 2. The number of rotatable bonds is 4. The Labute approximate surface area is 138 Å². The fraction of sp³-hybridized carbons (Fsp3) is 0.167. The van der Waals surface area contributed by atoms with Crippen LogP contribution in [-0.2, 0) is 11.2 Å². The van der Waals surface area contributed by atoms with Crippen molar-refractivity contribution in [3.63, 3.8) is 0 Å². The Morgan fingerprint density at radius 1 is 1.30 bits per heavy atom. The zero-order valence-corrected chi connectivity index (χ0v) is 13.6. The number of para-hydroxylation sites is 1. The maximum atomic E-state index is 11.3. The van der Waals surface area contributed by atoms with Gasteiger partial charge in [0, 0.05) is 21.5 Å². The van der Waals surface area contributed by atoms with E-state index in [9.17, 15) is 9.90 Å². The van der Waals surface area contributed by atoms with Crippen molar-refractivity contribution in [1.82, 2.24) is 4.98 Å². The van der Waals surface area contributed by atoms with Crippen molar-refractivity contribution in [1.29, 1.82) is 0 Å². The van der Waals surface area contributed by atoms with Crippen molar-refractivity contribution >= 4 is 28.5 Å². The zero-order chi connectivity index (χ0) is 16.6. The van der Waals surface area contributed by atoms with Crippen molar-refractivity contribution in [3.8, 4) is 17.0 Å². The Kier molecular flexibility index (Phi) is 4.01. The number of hydrogen-bond donors (Lipinski definition) is 2. The average molecular weight is 330 g/mol. The van der Waals surface area contributed by atoms with Crippen LogP contribution in [0, 0.1) is 6.92 Å². The minimum absolute atomic E-state index is 0.0749. The third-order valence-electron chi connectivity index (χ3n) is 3.91. The van der Waals surface area contributed by atoms with Gasteiger partial charge in [-0.05, 0) is 36.2 Å². The van der Waals surface area contributed by atoms with E-state index in [0.29, 0.717) is 10.8 Å². The van der Waals surface area contributed by atoms with Gasteiger partial charge in [-0.25, -0.2) is 0 Å². The second kappa shape index (κ2) is 5.97. The molecule has 0 aliphatic carbocycles. The van der Waals surface area contributed by atoms with Crippen LogP contribution < -0.4 is 4.74 Å². The van der Waals surface area contributed by atoms with Crippen LogP contribution >= 0.6 is 11.6 Å². The van der Waals surface area contributed by atoms with E-state index in [2.05, 4.69) is 4.98 Å². The highest BCUT2D eigenvalue weighted by Crippen LogP contribution is 2.38. The molecule has 0 amide bonds. The molecule has 1 heterocycles. The van der Waals surface area contributed by atoms with Gasteiger partial charge in [0.15, 0.2) is 0 Å². The molecule has 0 unspecified atom stereocenters. The molecule has 118 valence electrons. The number of aromatic nitrogens is 1. The standard InChI is InChI=1S/C18H16ClNO3/c1-10-4-3-5-12-13(9-16(21)22)18(20-17(10)12)14-8-11(19)6-7-15(14)23-2/h3-8,20H,9H2,1-2H3,(H,21,22). The Hall–Kier alpha value is -2.46. The normalized spacial score (nSPS) is 10.9. The van der Waals surface area contributed by atoms with Crippen LogP contribution in [0.1, 0.15) is 11.1 Å². The summed E-state index contributed by atoms with van der Waals surface area (Å²) in [4.78, 5) is 14.7. The molecule has 1 aromatic heterocycles. The third kappa shape index (κ3) is 2.78. The minimum Gasteiger partial charge on any atom is -0.496 e. The number of fused-ring (bicyclic) bond motifs is 1. The molecule has 0 spiro atoms. The van der Waals surface area contributed by atoms with Gasteiger partial charge in [0.05, 0.1) is 19.2 Å². The number of methoxy groups -OCH3 is 1. The van der Waals surface area contributed by atoms with Gasteiger partial charge in [0.25, 0.3) is 0 Å². The highest BCUT2D eigenvalue weighted by Gasteiger charge is 2.19. The average Bonchev–Trinajstić information content (AvgIpc) is 2.87. The van der Waals surface area contributed by atoms with Crippen molar-refractivity contribution < 1.29 is 14.6 Å². The predicted octanol–water partition coefficient (Wildman–Crippen LogP) is 4.43. The van der Waals surface area contributed by atoms with Gasteiger partial charge < -0.3 is 14.8 Å². The SMILES string of the molecule is COc1ccc(Cl)cc1-c1[nH]c2c(C)cccc2c1CC(=O)O. The van der Waals surface area contributed by atoms with Crippen molar-refractivity contribution in [2.24, 2.45) is 0 Å². The lowest BCUT2D eigenvalue weighted by Crippen LogP contribution is -2.01. The highest BCUT2D eigenvalue weighted by atomic mass is 35.5. The van der Waals surface area contributed by atoms with Crippen molar-refractivity contribution in [3.05, 3.63) is 52.5 Å². The first-order chi connectivity index (χ1) is 11.0. The molecule has 0 radical (unpaired) electrons. The van der Waals surface area contributed by atoms with Crippen LogP contribution in [0.4, 0.5) is 0 Å². The number of aromatic amines is 1. The van der Waals surface area contributed by atoms with Gasteiger partial charge in [-0.2, -0.15) is 0 Å². The van der Waals surface area contributed by atoms with Crippen LogP contribution in [0.3, 0.4) is 0 Å². The number of carboxylic acid groups (broad SMARTS) is 1. The number of nitrogens with one attached hydrogen (secondary N) is 1. The van der Waals surface area contributed by atoms with Gasteiger partial charge in [-0.15, -0.1) is 0 Å². The van der Waals surface area contributed by atoms with Crippen LogP contribution in [-0.4, -0.2) is 23.2 Å². The molecule has 3 aromatic rings. The monoisotopic (exact) mass is 329 g/mol. The number of carboxylic acids is 1. The van der Waals surface area contributed by atoms with Crippen LogP contribution in [0.25, 0.3) is 22.2 Å². The van der Waals surface area contributed by atoms with E-state index in [4.69, 9.17) is 16.3 Å². The summed E-state index contributed by atoms with van der Waals surface area (Å²) in [6.07, 6.45) is -0.0749. The van der Waals surface area contributed by atoms with E-state index in [1.165, 1.54) is 0 Å². The summed E-state index contributed by atoms with van der Waals surface area (Å²) in [5.74, 6) is -0.236. The van der Waals surface area contributed by atoms with Crippen LogP contribution in [0.5, 0.6) is 5.75 Å². The number of ether oxygens (including phenoxy) is 1. The fourth-order valence-corrected chi connectivity index (χ4v) is 3.03. The van der Waals surface area contributed by atoms with Gasteiger partial charge in [-0.1, -0.05) is 29.8 Å². The highest BCUT2D eigenvalue weighted by molar-refractivity contribution is 6.31. The lowest BCUT2D eigenvalue weighted by molar-refractivity contribution is -0.136. The summed E-state index contributed by atoms with van der Waals surface area (Å²) in [6, 6.07) is 11.1. The van der Waals surface area contributed by atoms with E-state index in [1.807, 2.05) is 25.1 Å². The van der Waals surface area contributed by atoms with E-state index >= 15 is 0 Å². The summed E-state index contributed by atoms with van der Waals surface area (Å²) < 4.78 is 5.41. The third-order valence-corrected chi connectivity index (χ3v) is 4.14. The first-order valence-electron chi connectivity index (χ1n) is 7.17. The van der Waals surface area contributed by atoms with Gasteiger partial charge in [0.1, 0.15) is 5.75 Å². The Morgan fingerprint density at radius 3 is 2.78 bits per heavy atom. The van der Waals surface area contributed by atoms with Gasteiger partial charge in [0.2, 0.25) is 0 Å². The molecule has 0 saturated carbocycles. The lowest BCUT2D eigenvalue weighted by Gasteiger charge is -2.09. The summed E-state index contributed by atoms with van der Waals surface area (Å²) >= 11 is 6.13. The Bertz CT molecular complexity index is 899. The Balaban J connectivity index is 2.34. The summed E-state index contributed by atoms with van der Waals surface area (Å²) in [7, 11) is 1.58. The van der Waals surface area contributed by atoms with E-state index in [0.717, 1.165) is 33.3 Å². The number of H-pyrrole nitrogens is 1. The predicted molar refractivity (Wildman–Crippen MR) is 91.4 cm³/mol. The topological polar surface area (TPSA) is 62.3 Å². The first-order valence-corrected chi connectivity index (χ1v) is 7.55. The van der Waals surface area contributed by atoms with Crippen LogP contribution in [0.2, 0.25) is 5.02 Å². The molecular formula is C18H16ClNO3. The molecule has 0 aliphatic heterocycles. The molecule has 0 saturated heterocycles. The molecule has 2 aromatic carbocycles. The molecular weight excluding hydrogens is 314 g/mol. The lowest BCUT2D eigenvalue weighted by atomic mass is 10.0. The van der Waals surface area contributed by atoms with Crippen molar-refractivity contribution in [2.75, 3.05) is 7.11 Å². The number of carbonyl (C=O) groups is 1. The molecule has 4 nitrogen and oxygen atoms in total. The summed E-state index contributed by atoms with van der Waals surface area (Å²) in [6.45, 7) is 1.99. The molecule has 3 rings (SSSR count). The molecule has 2 N–H and O–H groups in total. The second-order valence-corrected chi connectivity index (χ2v) is 5.83. The number of aryl methyl sites for hydroxylation is 1. The van der Waals surface area contributed by atoms with E-state index < -0.39 is 5.97 Å². The molecule has 0 fully saturated rings. The Morgan fingerprint density at radius 2 is 2.09 bits per heavy atom. The molecule has 23 heavy (non-hydrogen) atoms. The number of halogens is 1. The van der Waals surface area contributed by atoms with Crippen molar-refractivity contribution in [2.45, 2.75) is 13.3 Å². The largest absolute Gasteiger partial charge is 0.496 e. The maximum absolute atomic E-state index is 11.3. The molecule has 0 atom stereocenters. The summed E-state index contributed by atoms with van der Waals surface area (Å²) in [5.41, 5.74) is 4.21. The molecule has 0 bridgehead atoms. The first kappa shape index (κ1) is 15.4. The maximum Gasteiger partial charge on any atom is 0.307 e. The summed E-state index contributed by atoms with van der Waals surface area (Å²) in [5, 5.41) is 10.8. The zero-order valence-electron chi connectivity index (χ0n) is 12.8.